The number of nitrogens with one attached hydrogen (secondary N) is 3. The molecule has 32 heavy (non-hydrogen) atoms. The highest BCUT2D eigenvalue weighted by atomic mass is 35.5. The van der Waals surface area contributed by atoms with Crippen LogP contribution in [0.25, 0.3) is 0 Å². The van der Waals surface area contributed by atoms with Crippen molar-refractivity contribution in [2.45, 2.75) is 72.9 Å². The average molecular weight is 479 g/mol. The molecule has 3 atom stereocenters. The number of halogens is 1. The van der Waals surface area contributed by atoms with Gasteiger partial charge in [-0.2, -0.15) is 0 Å². The van der Waals surface area contributed by atoms with E-state index in [4.69, 9.17) is 11.6 Å². The monoisotopic (exact) mass is 478 g/mol. The number of rotatable bonds is 8. The molecule has 1 aliphatic carbocycles. The van der Waals surface area contributed by atoms with Crippen LogP contribution in [0, 0.1) is 17.3 Å². The van der Waals surface area contributed by atoms with Crippen molar-refractivity contribution < 1.29 is 16.4 Å². The molecule has 192 valence electrons. The van der Waals surface area contributed by atoms with Gasteiger partial charge in [0.2, 0.25) is 0 Å². The molecular formula is C24H51ClN4O3. The predicted molar refractivity (Wildman–Crippen MR) is 138 cm³/mol. The molecule has 0 spiro atoms. The highest BCUT2D eigenvalue weighted by molar-refractivity contribution is 6.29. The Balaban J connectivity index is 0. The smallest absolute Gasteiger partial charge is 0.0457 e. The van der Waals surface area contributed by atoms with Crippen LogP contribution in [0.2, 0.25) is 0 Å². The third kappa shape index (κ3) is 9.39. The molecule has 0 bridgehead atoms. The first-order valence-electron chi connectivity index (χ1n) is 11.3. The normalized spacial score (nSPS) is 25.9. The van der Waals surface area contributed by atoms with Crippen LogP contribution in [0.4, 0.5) is 0 Å². The van der Waals surface area contributed by atoms with Crippen molar-refractivity contribution >= 4 is 11.6 Å². The lowest BCUT2D eigenvalue weighted by atomic mass is 9.68. The summed E-state index contributed by atoms with van der Waals surface area (Å²) in [4.78, 5) is 2.70. The maximum absolute atomic E-state index is 6.18. The molecule has 9 N–H and O–H groups in total. The van der Waals surface area contributed by atoms with E-state index in [9.17, 15) is 0 Å². The number of allylic oxidation sites excluding steroid dienone is 4. The lowest BCUT2D eigenvalue weighted by Crippen LogP contribution is -2.52. The van der Waals surface area contributed by atoms with Crippen molar-refractivity contribution in [1.82, 2.24) is 20.9 Å². The Morgan fingerprint density at radius 1 is 1.19 bits per heavy atom. The van der Waals surface area contributed by atoms with Gasteiger partial charge in [0.05, 0.1) is 0 Å². The summed E-state index contributed by atoms with van der Waals surface area (Å²) in [6, 6.07) is 1.19. The molecule has 0 aromatic heterocycles. The van der Waals surface area contributed by atoms with Gasteiger partial charge in [-0.05, 0) is 62.1 Å². The number of hydrogen-bond acceptors (Lipinski definition) is 4. The summed E-state index contributed by atoms with van der Waals surface area (Å²) in [5.41, 5.74) is 1.94. The van der Waals surface area contributed by atoms with Crippen LogP contribution in [-0.2, 0) is 0 Å². The fourth-order valence-corrected chi connectivity index (χ4v) is 5.36. The topological polar surface area (TPSA) is 134 Å². The van der Waals surface area contributed by atoms with Gasteiger partial charge in [0.25, 0.3) is 0 Å². The molecule has 0 radical (unpaired) electrons. The molecule has 2 saturated heterocycles. The SMILES string of the molecule is C.CC(C)[C@H](CN1CCC(C2=CC=C(Cl)CC2)C(C)(C)C1)NCCC1CNCN1.O.O.O. The maximum atomic E-state index is 6.18. The van der Waals surface area contributed by atoms with Crippen molar-refractivity contribution in [2.75, 3.05) is 39.4 Å². The largest absolute Gasteiger partial charge is 0.412 e. The van der Waals surface area contributed by atoms with E-state index in [0.717, 1.165) is 44.2 Å². The quantitative estimate of drug-likeness (QED) is 0.490. The minimum Gasteiger partial charge on any atom is -0.412 e. The van der Waals surface area contributed by atoms with E-state index in [0.29, 0.717) is 29.3 Å². The van der Waals surface area contributed by atoms with Crippen molar-refractivity contribution in [1.29, 1.82) is 0 Å². The van der Waals surface area contributed by atoms with Gasteiger partial charge >= 0.3 is 0 Å². The van der Waals surface area contributed by atoms with E-state index in [2.05, 4.69) is 60.7 Å². The van der Waals surface area contributed by atoms with Crippen LogP contribution in [-0.4, -0.2) is 72.8 Å². The number of nitrogens with zero attached hydrogens (tertiary/aromatic N) is 1. The molecular weight excluding hydrogens is 428 g/mol. The Hall–Kier alpha value is -0.510. The lowest BCUT2D eigenvalue weighted by Gasteiger charge is -2.47. The molecule has 3 rings (SSSR count). The first kappa shape index (κ1) is 33.7. The van der Waals surface area contributed by atoms with Crippen LogP contribution in [0.15, 0.2) is 22.8 Å². The van der Waals surface area contributed by atoms with Crippen molar-refractivity contribution in [2.24, 2.45) is 17.3 Å². The standard InChI is InChI=1S/C23H41ClN4.CH4.3H2O/c1-17(2)22(26-11-9-20-13-25-16-27-20)14-28-12-10-21(23(3,4)15-28)18-5-7-19(24)8-6-18;;;;/h5,7,17,20-22,25-27H,6,8-16H2,1-4H3;1H4;3*1H2/t20?,21?,22-;;;;/m0..../s1. The Labute approximate surface area is 201 Å². The summed E-state index contributed by atoms with van der Waals surface area (Å²) < 4.78 is 0. The van der Waals surface area contributed by atoms with E-state index in [1.165, 1.54) is 25.9 Å². The first-order chi connectivity index (χ1) is 13.3. The number of hydrogen-bond donors (Lipinski definition) is 3. The van der Waals surface area contributed by atoms with Gasteiger partial charge in [-0.3, -0.25) is 0 Å². The summed E-state index contributed by atoms with van der Waals surface area (Å²) >= 11 is 6.18. The van der Waals surface area contributed by atoms with Crippen LogP contribution in [0.1, 0.15) is 60.8 Å². The number of piperidine rings is 1. The van der Waals surface area contributed by atoms with Crippen molar-refractivity contribution in [3.63, 3.8) is 0 Å². The van der Waals surface area contributed by atoms with Gasteiger partial charge in [0.15, 0.2) is 0 Å². The summed E-state index contributed by atoms with van der Waals surface area (Å²) in [5.74, 6) is 1.35. The molecule has 7 nitrogen and oxygen atoms in total. The molecule has 0 aromatic carbocycles. The highest BCUT2D eigenvalue weighted by Gasteiger charge is 2.38. The van der Waals surface area contributed by atoms with Crippen molar-refractivity contribution in [3.8, 4) is 0 Å². The van der Waals surface area contributed by atoms with Gasteiger partial charge < -0.3 is 37.3 Å². The second-order valence-corrected chi connectivity index (χ2v) is 10.5. The average Bonchev–Trinajstić information content (AvgIpc) is 3.14. The highest BCUT2D eigenvalue weighted by Crippen LogP contribution is 2.42. The predicted octanol–water partition coefficient (Wildman–Crippen LogP) is 1.86. The third-order valence-corrected chi connectivity index (χ3v) is 7.27. The second-order valence-electron chi connectivity index (χ2n) is 10.0. The molecule has 2 heterocycles. The van der Waals surface area contributed by atoms with Gasteiger partial charge in [-0.15, -0.1) is 0 Å². The van der Waals surface area contributed by atoms with Gasteiger partial charge in [-0.25, -0.2) is 0 Å². The summed E-state index contributed by atoms with van der Waals surface area (Å²) in [5, 5.41) is 11.8. The molecule has 3 aliphatic rings. The van der Waals surface area contributed by atoms with Gasteiger partial charge in [0, 0.05) is 43.4 Å². The van der Waals surface area contributed by atoms with Gasteiger partial charge in [-0.1, -0.05) is 58.4 Å². The zero-order valence-corrected chi connectivity index (χ0v) is 20.6. The van der Waals surface area contributed by atoms with Crippen LogP contribution < -0.4 is 16.0 Å². The van der Waals surface area contributed by atoms with Crippen LogP contribution in [0.3, 0.4) is 0 Å². The molecule has 2 unspecified atom stereocenters. The van der Waals surface area contributed by atoms with E-state index < -0.39 is 0 Å². The molecule has 8 heteroatoms. The summed E-state index contributed by atoms with van der Waals surface area (Å²) in [6.07, 6.45) is 9.06. The summed E-state index contributed by atoms with van der Waals surface area (Å²) in [6.45, 7) is 16.3. The summed E-state index contributed by atoms with van der Waals surface area (Å²) in [7, 11) is 0. The fraction of sp³-hybridized carbons (Fsp3) is 0.833. The van der Waals surface area contributed by atoms with Gasteiger partial charge in [0.1, 0.15) is 0 Å². The molecule has 0 amide bonds. The minimum absolute atomic E-state index is 0. The van der Waals surface area contributed by atoms with E-state index >= 15 is 0 Å². The fourth-order valence-electron chi connectivity index (χ4n) is 5.20. The Morgan fingerprint density at radius 2 is 1.91 bits per heavy atom. The lowest BCUT2D eigenvalue weighted by molar-refractivity contribution is 0.0604. The van der Waals surface area contributed by atoms with Crippen LogP contribution >= 0.6 is 11.6 Å². The molecule has 2 aliphatic heterocycles. The second kappa shape index (κ2) is 15.4. The Kier molecular flexibility index (Phi) is 16.2. The van der Waals surface area contributed by atoms with Crippen molar-refractivity contribution in [3.05, 3.63) is 22.8 Å². The zero-order valence-electron chi connectivity index (χ0n) is 19.9. The number of likely N-dealkylation sites (tertiary alicyclic amines) is 1. The zero-order chi connectivity index (χ0) is 20.1. The van der Waals surface area contributed by atoms with Crippen LogP contribution in [0.5, 0.6) is 0 Å². The molecule has 0 saturated carbocycles. The Bertz CT molecular complexity index is 578. The molecule has 2 fully saturated rings. The Morgan fingerprint density at radius 3 is 2.44 bits per heavy atom. The maximum Gasteiger partial charge on any atom is 0.0457 e. The molecule has 0 aromatic rings. The van der Waals surface area contributed by atoms with E-state index in [1.807, 2.05) is 0 Å². The minimum atomic E-state index is 0. The van der Waals surface area contributed by atoms with E-state index in [-0.39, 0.29) is 23.9 Å². The van der Waals surface area contributed by atoms with E-state index in [1.54, 1.807) is 5.57 Å². The first-order valence-corrected chi connectivity index (χ1v) is 11.7. The third-order valence-electron chi connectivity index (χ3n) is 6.95.